The second kappa shape index (κ2) is 6.72. The summed E-state index contributed by atoms with van der Waals surface area (Å²) < 4.78 is 39.8. The van der Waals surface area contributed by atoms with Gasteiger partial charge >= 0.3 is 6.18 Å². The van der Waals surface area contributed by atoms with E-state index < -0.39 is 17.4 Å². The molecule has 5 nitrogen and oxygen atoms in total. The first-order valence-corrected chi connectivity index (χ1v) is 8.55. The van der Waals surface area contributed by atoms with E-state index in [0.29, 0.717) is 0 Å². The summed E-state index contributed by atoms with van der Waals surface area (Å²) in [7, 11) is 1.72. The zero-order valence-electron chi connectivity index (χ0n) is 15.3. The number of hydrogen-bond acceptors (Lipinski definition) is 4. The number of anilines is 1. The molecule has 2 heterocycles. The molecule has 0 aliphatic heterocycles. The largest absolute Gasteiger partial charge is 0.434 e. The zero-order valence-corrected chi connectivity index (χ0v) is 15.3. The van der Waals surface area contributed by atoms with Gasteiger partial charge in [0.1, 0.15) is 17.7 Å². The van der Waals surface area contributed by atoms with Crippen LogP contribution in [0, 0.1) is 16.7 Å². The van der Waals surface area contributed by atoms with Crippen molar-refractivity contribution in [3.05, 3.63) is 47.7 Å². The number of imidazole rings is 1. The van der Waals surface area contributed by atoms with E-state index in [1.165, 1.54) is 12.1 Å². The van der Waals surface area contributed by atoms with Gasteiger partial charge in [-0.1, -0.05) is 19.9 Å². The summed E-state index contributed by atoms with van der Waals surface area (Å²) in [6.07, 6.45) is 2.46. The molecule has 0 radical (unpaired) electrons. The Morgan fingerprint density at radius 2 is 2.07 bits per heavy atom. The molecule has 0 amide bonds. The van der Waals surface area contributed by atoms with Gasteiger partial charge in [0, 0.05) is 19.4 Å². The third-order valence-corrected chi connectivity index (χ3v) is 5.05. The van der Waals surface area contributed by atoms with Crippen LogP contribution < -0.4 is 4.90 Å². The van der Waals surface area contributed by atoms with Gasteiger partial charge in [-0.15, -0.1) is 0 Å². The molecule has 0 saturated heterocycles. The Bertz CT molecular complexity index is 891. The van der Waals surface area contributed by atoms with Crippen LogP contribution in [-0.4, -0.2) is 28.0 Å². The van der Waals surface area contributed by atoms with Crippen molar-refractivity contribution in [1.82, 2.24) is 15.0 Å². The van der Waals surface area contributed by atoms with Crippen molar-refractivity contribution in [3.8, 4) is 6.07 Å². The first-order valence-electron chi connectivity index (χ1n) is 8.55. The van der Waals surface area contributed by atoms with Crippen LogP contribution >= 0.6 is 0 Å². The monoisotopic (exact) mass is 375 g/mol. The lowest BCUT2D eigenvalue weighted by Gasteiger charge is -2.42. The Balaban J connectivity index is 2.02. The van der Waals surface area contributed by atoms with Crippen LogP contribution in [-0.2, 0) is 6.18 Å². The van der Waals surface area contributed by atoms with Crippen LogP contribution in [0.2, 0.25) is 0 Å². The first-order chi connectivity index (χ1) is 12.6. The van der Waals surface area contributed by atoms with Crippen LogP contribution in [0.5, 0.6) is 0 Å². The zero-order chi connectivity index (χ0) is 19.8. The predicted molar refractivity (Wildman–Crippen MR) is 95.7 cm³/mol. The highest BCUT2D eigenvalue weighted by Crippen LogP contribution is 2.41. The SMILES string of the molecule is CN(c1ccc(C#N)c(C(F)(F)F)n1)C1C=C(c2ncc[nH]2)CCC1(C)C. The van der Waals surface area contributed by atoms with E-state index >= 15 is 0 Å². The maximum atomic E-state index is 13.3. The first kappa shape index (κ1) is 19.0. The second-order valence-corrected chi connectivity index (χ2v) is 7.35. The van der Waals surface area contributed by atoms with E-state index in [4.69, 9.17) is 5.26 Å². The number of hydrogen-bond donors (Lipinski definition) is 1. The Morgan fingerprint density at radius 3 is 2.67 bits per heavy atom. The van der Waals surface area contributed by atoms with Crippen molar-refractivity contribution in [2.24, 2.45) is 5.41 Å². The highest BCUT2D eigenvalue weighted by Gasteiger charge is 2.39. The molecule has 1 N–H and O–H groups in total. The number of aromatic amines is 1. The number of alkyl halides is 3. The maximum Gasteiger partial charge on any atom is 0.434 e. The van der Waals surface area contributed by atoms with Gasteiger partial charge in [-0.05, 0) is 36.0 Å². The summed E-state index contributed by atoms with van der Waals surface area (Å²) in [5, 5.41) is 8.96. The fourth-order valence-electron chi connectivity index (χ4n) is 3.47. The van der Waals surface area contributed by atoms with Gasteiger partial charge in [0.25, 0.3) is 0 Å². The number of rotatable bonds is 3. The summed E-state index contributed by atoms with van der Waals surface area (Å²) in [6.45, 7) is 4.16. The number of H-pyrrole nitrogens is 1. The normalized spacial score (nSPS) is 19.3. The van der Waals surface area contributed by atoms with Gasteiger partial charge in [0.05, 0.1) is 11.6 Å². The quantitative estimate of drug-likeness (QED) is 0.863. The number of nitriles is 1. The van der Waals surface area contributed by atoms with Crippen LogP contribution in [0.1, 0.15) is 43.8 Å². The molecule has 1 atom stereocenters. The molecule has 0 aromatic carbocycles. The van der Waals surface area contributed by atoms with Crippen molar-refractivity contribution in [2.45, 2.75) is 38.9 Å². The van der Waals surface area contributed by atoms with E-state index in [1.54, 1.807) is 30.4 Å². The summed E-state index contributed by atoms with van der Waals surface area (Å²) >= 11 is 0. The van der Waals surface area contributed by atoms with Gasteiger partial charge in [-0.3, -0.25) is 0 Å². The van der Waals surface area contributed by atoms with Crippen molar-refractivity contribution in [2.75, 3.05) is 11.9 Å². The molecule has 2 aromatic rings. The Labute approximate surface area is 155 Å². The maximum absolute atomic E-state index is 13.3. The lowest BCUT2D eigenvalue weighted by molar-refractivity contribution is -0.141. The standard InChI is InChI=1S/C19H20F3N5/c1-18(2)7-6-12(17-24-8-9-25-17)10-14(18)27(3)15-5-4-13(11-23)16(26-15)19(20,21)22/h4-5,8-10,14H,6-7H2,1-3H3,(H,24,25). The Hall–Kier alpha value is -2.82. The van der Waals surface area contributed by atoms with Crippen LogP contribution in [0.4, 0.5) is 19.0 Å². The molecule has 0 bridgehead atoms. The van der Waals surface area contributed by atoms with E-state index in [0.717, 1.165) is 24.2 Å². The average molecular weight is 375 g/mol. The lowest BCUT2D eigenvalue weighted by Crippen LogP contribution is -2.44. The van der Waals surface area contributed by atoms with Gasteiger partial charge in [0.15, 0.2) is 5.69 Å². The summed E-state index contributed by atoms with van der Waals surface area (Å²) in [5.41, 5.74) is -0.771. The van der Waals surface area contributed by atoms with Gasteiger partial charge in [0.2, 0.25) is 0 Å². The summed E-state index contributed by atoms with van der Waals surface area (Å²) in [6, 6.07) is 4.02. The van der Waals surface area contributed by atoms with Crippen LogP contribution in [0.15, 0.2) is 30.6 Å². The fourth-order valence-corrected chi connectivity index (χ4v) is 3.47. The molecular formula is C19H20F3N5. The molecule has 8 heteroatoms. The fraction of sp³-hybridized carbons (Fsp3) is 0.421. The third kappa shape index (κ3) is 3.68. The third-order valence-electron chi connectivity index (χ3n) is 5.05. The van der Waals surface area contributed by atoms with Crippen molar-refractivity contribution in [3.63, 3.8) is 0 Å². The number of nitrogens with one attached hydrogen (secondary N) is 1. The lowest BCUT2D eigenvalue weighted by atomic mass is 9.73. The van der Waals surface area contributed by atoms with E-state index in [1.807, 2.05) is 6.08 Å². The molecule has 0 saturated carbocycles. The Kier molecular flexibility index (Phi) is 4.72. The van der Waals surface area contributed by atoms with Crippen molar-refractivity contribution < 1.29 is 13.2 Å². The number of pyridine rings is 1. The Morgan fingerprint density at radius 1 is 1.33 bits per heavy atom. The molecular weight excluding hydrogens is 355 g/mol. The molecule has 142 valence electrons. The van der Waals surface area contributed by atoms with E-state index in [9.17, 15) is 13.2 Å². The smallest absolute Gasteiger partial charge is 0.353 e. The molecule has 2 aromatic heterocycles. The number of likely N-dealkylation sites (N-methyl/N-ethyl adjacent to an activating group) is 1. The number of halogens is 3. The van der Waals surface area contributed by atoms with Crippen molar-refractivity contribution >= 4 is 11.4 Å². The summed E-state index contributed by atoms with van der Waals surface area (Å²) in [5.74, 6) is 0.948. The molecule has 0 fully saturated rings. The number of nitrogens with zero attached hydrogens (tertiary/aromatic N) is 4. The second-order valence-electron chi connectivity index (χ2n) is 7.35. The number of allylic oxidation sites excluding steroid dienone is 1. The van der Waals surface area contributed by atoms with Crippen LogP contribution in [0.25, 0.3) is 5.57 Å². The topological polar surface area (TPSA) is 68.6 Å². The minimum Gasteiger partial charge on any atom is -0.353 e. The minimum absolute atomic E-state index is 0.168. The summed E-state index contributed by atoms with van der Waals surface area (Å²) in [4.78, 5) is 12.9. The molecule has 0 spiro atoms. The minimum atomic E-state index is -4.68. The van der Waals surface area contributed by atoms with E-state index in [2.05, 4.69) is 28.8 Å². The highest BCUT2D eigenvalue weighted by molar-refractivity contribution is 5.63. The van der Waals surface area contributed by atoms with E-state index in [-0.39, 0.29) is 17.3 Å². The number of aromatic nitrogens is 3. The molecule has 3 rings (SSSR count). The molecule has 1 aliphatic carbocycles. The van der Waals surface area contributed by atoms with Gasteiger partial charge in [-0.2, -0.15) is 18.4 Å². The molecule has 1 aliphatic rings. The van der Waals surface area contributed by atoms with Crippen molar-refractivity contribution in [1.29, 1.82) is 5.26 Å². The molecule has 27 heavy (non-hydrogen) atoms. The predicted octanol–water partition coefficient (Wildman–Crippen LogP) is 4.40. The van der Waals surface area contributed by atoms with Crippen LogP contribution in [0.3, 0.4) is 0 Å². The van der Waals surface area contributed by atoms with Gasteiger partial charge in [-0.25, -0.2) is 9.97 Å². The highest BCUT2D eigenvalue weighted by atomic mass is 19.4. The average Bonchev–Trinajstić information content (AvgIpc) is 3.14. The van der Waals surface area contributed by atoms with Gasteiger partial charge < -0.3 is 9.88 Å². The molecule has 1 unspecified atom stereocenters.